The molecule has 2 aliphatic heterocycles. The molecule has 1 saturated heterocycles. The van der Waals surface area contributed by atoms with Gasteiger partial charge in [-0.2, -0.15) is 0 Å². The fourth-order valence-corrected chi connectivity index (χ4v) is 4.45. The number of aryl methyl sites for hydroxylation is 1. The van der Waals surface area contributed by atoms with Crippen LogP contribution in [0.3, 0.4) is 0 Å². The van der Waals surface area contributed by atoms with E-state index < -0.39 is 0 Å². The highest BCUT2D eigenvalue weighted by Gasteiger charge is 2.24. The molecule has 0 amide bonds. The van der Waals surface area contributed by atoms with Crippen molar-refractivity contribution in [2.75, 3.05) is 58.5 Å². The van der Waals surface area contributed by atoms with Gasteiger partial charge in [0.25, 0.3) is 0 Å². The van der Waals surface area contributed by atoms with Gasteiger partial charge in [-0.05, 0) is 66.8 Å². The Labute approximate surface area is 190 Å². The first-order valence-corrected chi connectivity index (χ1v) is 10.8. The Kier molecular flexibility index (Phi) is 8.41. The molecule has 4 rings (SSSR count). The number of piperazine rings is 1. The Morgan fingerprint density at radius 3 is 2.35 bits per heavy atom. The lowest BCUT2D eigenvalue weighted by molar-refractivity contribution is 0.0419. The van der Waals surface area contributed by atoms with Crippen LogP contribution in [0.2, 0.25) is 0 Å². The molecule has 1 atom stereocenters. The number of anilines is 1. The Morgan fingerprint density at radius 2 is 1.68 bits per heavy atom. The van der Waals surface area contributed by atoms with E-state index in [4.69, 9.17) is 14.2 Å². The van der Waals surface area contributed by atoms with Crippen LogP contribution in [0.4, 0.5) is 10.1 Å². The predicted octanol–water partition coefficient (Wildman–Crippen LogP) is 4.48. The standard InChI is InChI=1S/C24H31FN2O3.ClH/c1-28-23-16-18-4-3-15-30-22(21(18)17-24(23)29-2)9-10-26-11-13-27(14-12-26)20-7-5-19(25)6-8-20;/h5-8,16-17,22H,3-4,9-15H2,1-2H3;1H. The van der Waals surface area contributed by atoms with Crippen LogP contribution in [0.25, 0.3) is 0 Å². The maximum Gasteiger partial charge on any atom is 0.161 e. The van der Waals surface area contributed by atoms with Crippen LogP contribution in [-0.2, 0) is 11.2 Å². The van der Waals surface area contributed by atoms with Gasteiger partial charge in [0.15, 0.2) is 11.5 Å². The second-order valence-corrected chi connectivity index (χ2v) is 7.96. The van der Waals surface area contributed by atoms with Gasteiger partial charge in [-0.25, -0.2) is 4.39 Å². The summed E-state index contributed by atoms with van der Waals surface area (Å²) in [4.78, 5) is 4.82. The molecule has 2 aliphatic rings. The largest absolute Gasteiger partial charge is 0.493 e. The maximum absolute atomic E-state index is 13.2. The number of hydrogen-bond donors (Lipinski definition) is 0. The molecule has 7 heteroatoms. The number of nitrogens with zero attached hydrogens (tertiary/aromatic N) is 2. The Hall–Kier alpha value is -2.02. The highest BCUT2D eigenvalue weighted by atomic mass is 35.5. The molecular weight excluding hydrogens is 419 g/mol. The normalized spacial score (nSPS) is 19.2. The average molecular weight is 451 g/mol. The molecule has 0 radical (unpaired) electrons. The van der Waals surface area contributed by atoms with E-state index in [1.165, 1.54) is 23.3 Å². The van der Waals surface area contributed by atoms with Crippen LogP contribution >= 0.6 is 12.4 Å². The first-order valence-electron chi connectivity index (χ1n) is 10.8. The van der Waals surface area contributed by atoms with Gasteiger partial charge in [0.2, 0.25) is 0 Å². The number of benzene rings is 2. The minimum atomic E-state index is -0.185. The molecule has 0 aliphatic carbocycles. The van der Waals surface area contributed by atoms with E-state index >= 15 is 0 Å². The third kappa shape index (κ3) is 5.62. The molecule has 31 heavy (non-hydrogen) atoms. The Morgan fingerprint density at radius 1 is 1.00 bits per heavy atom. The number of methoxy groups -OCH3 is 2. The minimum Gasteiger partial charge on any atom is -0.493 e. The number of hydrogen-bond acceptors (Lipinski definition) is 5. The molecule has 0 aromatic heterocycles. The van der Waals surface area contributed by atoms with Crippen molar-refractivity contribution in [3.05, 3.63) is 53.3 Å². The van der Waals surface area contributed by atoms with Crippen molar-refractivity contribution in [2.24, 2.45) is 0 Å². The van der Waals surface area contributed by atoms with Crippen LogP contribution in [0.1, 0.15) is 30.1 Å². The molecule has 170 valence electrons. The number of fused-ring (bicyclic) bond motifs is 1. The van der Waals surface area contributed by atoms with Gasteiger partial charge in [-0.3, -0.25) is 4.90 Å². The van der Waals surface area contributed by atoms with E-state index in [2.05, 4.69) is 21.9 Å². The maximum atomic E-state index is 13.2. The van der Waals surface area contributed by atoms with Gasteiger partial charge in [0.1, 0.15) is 5.82 Å². The van der Waals surface area contributed by atoms with Crippen molar-refractivity contribution in [3.8, 4) is 11.5 Å². The van der Waals surface area contributed by atoms with Crippen molar-refractivity contribution >= 4 is 18.1 Å². The van der Waals surface area contributed by atoms with Crippen LogP contribution in [0, 0.1) is 5.82 Å². The summed E-state index contributed by atoms with van der Waals surface area (Å²) in [6, 6.07) is 11.0. The minimum absolute atomic E-state index is 0. The fraction of sp³-hybridized carbons (Fsp3) is 0.500. The van der Waals surface area contributed by atoms with E-state index in [-0.39, 0.29) is 24.3 Å². The summed E-state index contributed by atoms with van der Waals surface area (Å²) in [6.45, 7) is 5.70. The summed E-state index contributed by atoms with van der Waals surface area (Å²) >= 11 is 0. The van der Waals surface area contributed by atoms with Gasteiger partial charge in [-0.15, -0.1) is 12.4 Å². The van der Waals surface area contributed by atoms with E-state index in [9.17, 15) is 4.39 Å². The predicted molar refractivity (Wildman–Crippen MR) is 123 cm³/mol. The highest BCUT2D eigenvalue weighted by Crippen LogP contribution is 2.37. The van der Waals surface area contributed by atoms with Crippen LogP contribution in [0.5, 0.6) is 11.5 Å². The first kappa shape index (κ1) is 23.6. The average Bonchev–Trinajstić information content (AvgIpc) is 2.99. The highest BCUT2D eigenvalue weighted by molar-refractivity contribution is 5.85. The number of rotatable bonds is 6. The summed E-state index contributed by atoms with van der Waals surface area (Å²) in [6.07, 6.45) is 3.06. The van der Waals surface area contributed by atoms with Crippen molar-refractivity contribution in [1.82, 2.24) is 4.90 Å². The lowest BCUT2D eigenvalue weighted by atomic mass is 9.97. The van der Waals surface area contributed by atoms with Gasteiger partial charge >= 0.3 is 0 Å². The molecule has 1 unspecified atom stereocenters. The number of halogens is 2. The van der Waals surface area contributed by atoms with Gasteiger partial charge < -0.3 is 19.1 Å². The number of ether oxygens (including phenoxy) is 3. The zero-order valence-electron chi connectivity index (χ0n) is 18.3. The summed E-state index contributed by atoms with van der Waals surface area (Å²) in [7, 11) is 3.36. The summed E-state index contributed by atoms with van der Waals surface area (Å²) in [5, 5.41) is 0. The summed E-state index contributed by atoms with van der Waals surface area (Å²) in [5.74, 6) is 1.36. The molecular formula is C24H32ClFN2O3. The molecule has 1 fully saturated rings. The van der Waals surface area contributed by atoms with E-state index in [0.29, 0.717) is 0 Å². The molecule has 5 nitrogen and oxygen atoms in total. The van der Waals surface area contributed by atoms with Crippen molar-refractivity contribution in [1.29, 1.82) is 0 Å². The first-order chi connectivity index (χ1) is 14.7. The van der Waals surface area contributed by atoms with E-state index in [0.717, 1.165) is 75.8 Å². The third-order valence-electron chi connectivity index (χ3n) is 6.17. The monoisotopic (exact) mass is 450 g/mol. The summed E-state index contributed by atoms with van der Waals surface area (Å²) < 4.78 is 30.4. The topological polar surface area (TPSA) is 34.2 Å². The van der Waals surface area contributed by atoms with Crippen LogP contribution in [0.15, 0.2) is 36.4 Å². The SMILES string of the molecule is COc1cc2c(cc1OC)C(CCN1CCN(c3ccc(F)cc3)CC1)OCCC2.Cl. The molecule has 0 N–H and O–H groups in total. The van der Waals surface area contributed by atoms with Gasteiger partial charge in [0, 0.05) is 45.0 Å². The second-order valence-electron chi connectivity index (χ2n) is 7.96. The van der Waals surface area contributed by atoms with E-state index in [1.807, 2.05) is 12.1 Å². The van der Waals surface area contributed by atoms with E-state index in [1.54, 1.807) is 14.2 Å². The van der Waals surface area contributed by atoms with Crippen molar-refractivity contribution in [3.63, 3.8) is 0 Å². The molecule has 0 saturated carbocycles. The third-order valence-corrected chi connectivity index (χ3v) is 6.17. The van der Waals surface area contributed by atoms with Crippen molar-refractivity contribution < 1.29 is 18.6 Å². The second kappa shape index (κ2) is 11.0. The van der Waals surface area contributed by atoms with Gasteiger partial charge in [0.05, 0.1) is 20.3 Å². The zero-order chi connectivity index (χ0) is 20.9. The molecule has 2 aromatic rings. The molecule has 0 spiro atoms. The smallest absolute Gasteiger partial charge is 0.161 e. The van der Waals surface area contributed by atoms with Crippen LogP contribution in [-0.4, -0.2) is 58.5 Å². The molecule has 2 aromatic carbocycles. The molecule has 2 heterocycles. The zero-order valence-corrected chi connectivity index (χ0v) is 19.1. The quantitative estimate of drug-likeness (QED) is 0.648. The Balaban J connectivity index is 0.00000272. The molecule has 0 bridgehead atoms. The van der Waals surface area contributed by atoms with Crippen LogP contribution < -0.4 is 14.4 Å². The van der Waals surface area contributed by atoms with Crippen molar-refractivity contribution in [2.45, 2.75) is 25.4 Å². The fourth-order valence-electron chi connectivity index (χ4n) is 4.45. The Bertz CT molecular complexity index is 841. The lowest BCUT2D eigenvalue weighted by Gasteiger charge is -2.36. The van der Waals surface area contributed by atoms with Gasteiger partial charge in [-0.1, -0.05) is 0 Å². The summed E-state index contributed by atoms with van der Waals surface area (Å²) in [5.41, 5.74) is 3.63. The lowest BCUT2D eigenvalue weighted by Crippen LogP contribution is -2.46.